The third-order valence-corrected chi connectivity index (χ3v) is 2.44. The molecule has 1 aliphatic rings. The van der Waals surface area contributed by atoms with E-state index in [9.17, 15) is 4.79 Å². The van der Waals surface area contributed by atoms with Gasteiger partial charge in [-0.15, -0.1) is 0 Å². The largest absolute Gasteiger partial charge is 0.344 e. The summed E-state index contributed by atoms with van der Waals surface area (Å²) in [5, 5.41) is 3.41. The highest BCUT2D eigenvalue weighted by molar-refractivity contribution is 5.72. The molecule has 70 valence electrons. The molecule has 0 unspecified atom stereocenters. The maximum absolute atomic E-state index is 10.9. The number of nitrogens with one attached hydrogen (secondary N) is 1. The van der Waals surface area contributed by atoms with Crippen molar-refractivity contribution in [2.75, 3.05) is 20.1 Å². The summed E-state index contributed by atoms with van der Waals surface area (Å²) < 4.78 is 0. The van der Waals surface area contributed by atoms with E-state index < -0.39 is 0 Å². The van der Waals surface area contributed by atoms with Gasteiger partial charge in [0.1, 0.15) is 0 Å². The predicted octanol–water partition coefficient (Wildman–Crippen LogP) is 0.607. The monoisotopic (exact) mass is 170 g/mol. The van der Waals surface area contributed by atoms with Crippen LogP contribution in [-0.2, 0) is 4.79 Å². The van der Waals surface area contributed by atoms with Crippen LogP contribution >= 0.6 is 0 Å². The van der Waals surface area contributed by atoms with E-state index in [-0.39, 0.29) is 5.91 Å². The topological polar surface area (TPSA) is 32.3 Å². The van der Waals surface area contributed by atoms with E-state index in [1.807, 2.05) is 7.05 Å². The summed E-state index contributed by atoms with van der Waals surface area (Å²) in [7, 11) is 1.86. The zero-order valence-corrected chi connectivity index (χ0v) is 7.97. The van der Waals surface area contributed by atoms with Crippen molar-refractivity contribution in [3.63, 3.8) is 0 Å². The molecule has 1 saturated heterocycles. The molecular formula is C9H18N2O. The predicted molar refractivity (Wildman–Crippen MR) is 49.0 cm³/mol. The Morgan fingerprint density at radius 2 is 2.33 bits per heavy atom. The Bertz CT molecular complexity index is 153. The summed E-state index contributed by atoms with van der Waals surface area (Å²) >= 11 is 0. The molecular weight excluding hydrogens is 152 g/mol. The molecule has 3 nitrogen and oxygen atoms in total. The number of nitrogens with zero attached hydrogens (tertiary/aromatic N) is 1. The fraction of sp³-hybridized carbons (Fsp3) is 0.889. The maximum atomic E-state index is 10.9. The van der Waals surface area contributed by atoms with E-state index in [4.69, 9.17) is 0 Å². The van der Waals surface area contributed by atoms with Crippen LogP contribution in [0.3, 0.4) is 0 Å². The Balaban J connectivity index is 2.24. The Kier molecular flexibility index (Phi) is 3.53. The molecule has 0 aromatic carbocycles. The van der Waals surface area contributed by atoms with Gasteiger partial charge >= 0.3 is 0 Å². The number of carbonyl (C=O) groups is 1. The molecule has 1 aliphatic heterocycles. The van der Waals surface area contributed by atoms with Crippen LogP contribution in [0.1, 0.15) is 26.2 Å². The summed E-state index contributed by atoms with van der Waals surface area (Å²) in [6.45, 7) is 3.58. The molecule has 1 amide bonds. The molecule has 0 bridgehead atoms. The summed E-state index contributed by atoms with van der Waals surface area (Å²) in [5.74, 6) is 0.155. The van der Waals surface area contributed by atoms with Crippen LogP contribution in [0.15, 0.2) is 0 Å². The van der Waals surface area contributed by atoms with Crippen LogP contribution in [0, 0.1) is 0 Å². The average Bonchev–Trinajstić information content (AvgIpc) is 2.06. The van der Waals surface area contributed by atoms with Gasteiger partial charge in [-0.3, -0.25) is 4.79 Å². The van der Waals surface area contributed by atoms with E-state index in [2.05, 4.69) is 5.32 Å². The highest BCUT2D eigenvalue weighted by Crippen LogP contribution is 2.07. The zero-order chi connectivity index (χ0) is 8.97. The summed E-state index contributed by atoms with van der Waals surface area (Å²) in [5.41, 5.74) is 0. The third kappa shape index (κ3) is 2.81. The molecule has 0 saturated carbocycles. The van der Waals surface area contributed by atoms with Gasteiger partial charge in [-0.25, -0.2) is 0 Å². The second kappa shape index (κ2) is 4.45. The molecule has 12 heavy (non-hydrogen) atoms. The molecule has 0 radical (unpaired) electrons. The van der Waals surface area contributed by atoms with Crippen LogP contribution in [0.2, 0.25) is 0 Å². The molecule has 1 heterocycles. The molecule has 0 spiro atoms. The van der Waals surface area contributed by atoms with E-state index >= 15 is 0 Å². The fourth-order valence-corrected chi connectivity index (χ4v) is 1.54. The molecule has 3 heteroatoms. The Labute approximate surface area is 74.1 Å². The standard InChI is InChI=1S/C9H18N2O/c1-8(12)11(2)7-9-5-3-4-6-10-9/h9-10H,3-7H2,1-2H3/t9-/m1/s1. The zero-order valence-electron chi connectivity index (χ0n) is 7.97. The highest BCUT2D eigenvalue weighted by atomic mass is 16.2. The number of likely N-dealkylation sites (N-methyl/N-ethyl adjacent to an activating group) is 1. The second-order valence-electron chi connectivity index (χ2n) is 3.55. The quantitative estimate of drug-likeness (QED) is 0.658. The first-order valence-corrected chi connectivity index (χ1v) is 4.65. The maximum Gasteiger partial charge on any atom is 0.219 e. The average molecular weight is 170 g/mol. The van der Waals surface area contributed by atoms with Crippen molar-refractivity contribution >= 4 is 5.91 Å². The van der Waals surface area contributed by atoms with Crippen LogP contribution in [0.4, 0.5) is 0 Å². The molecule has 0 aromatic heterocycles. The number of hydrogen-bond acceptors (Lipinski definition) is 2. The molecule has 1 rings (SSSR count). The van der Waals surface area contributed by atoms with Gasteiger partial charge in [0.15, 0.2) is 0 Å². The number of amides is 1. The first-order valence-electron chi connectivity index (χ1n) is 4.65. The van der Waals surface area contributed by atoms with Crippen molar-refractivity contribution in [3.8, 4) is 0 Å². The van der Waals surface area contributed by atoms with Crippen molar-refractivity contribution in [1.82, 2.24) is 10.2 Å². The Morgan fingerprint density at radius 3 is 2.83 bits per heavy atom. The van der Waals surface area contributed by atoms with Crippen LogP contribution in [0.5, 0.6) is 0 Å². The lowest BCUT2D eigenvalue weighted by Crippen LogP contribution is -2.43. The molecule has 1 atom stereocenters. The van der Waals surface area contributed by atoms with Gasteiger partial charge in [-0.1, -0.05) is 6.42 Å². The van der Waals surface area contributed by atoms with Crippen molar-refractivity contribution in [2.24, 2.45) is 0 Å². The summed E-state index contributed by atoms with van der Waals surface area (Å²) in [6.07, 6.45) is 3.78. The lowest BCUT2D eigenvalue weighted by atomic mass is 10.0. The van der Waals surface area contributed by atoms with Gasteiger partial charge in [0.25, 0.3) is 0 Å². The summed E-state index contributed by atoms with van der Waals surface area (Å²) in [4.78, 5) is 12.7. The van der Waals surface area contributed by atoms with Crippen LogP contribution in [-0.4, -0.2) is 37.0 Å². The number of rotatable bonds is 2. The SMILES string of the molecule is CC(=O)N(C)C[C@H]1CCCCN1. The second-order valence-corrected chi connectivity index (χ2v) is 3.55. The molecule has 1 fully saturated rings. The van der Waals surface area contributed by atoms with Gasteiger partial charge in [-0.05, 0) is 19.4 Å². The van der Waals surface area contributed by atoms with Gasteiger partial charge in [0, 0.05) is 26.6 Å². The number of hydrogen-bond donors (Lipinski definition) is 1. The van der Waals surface area contributed by atoms with Crippen molar-refractivity contribution < 1.29 is 4.79 Å². The van der Waals surface area contributed by atoms with Gasteiger partial charge < -0.3 is 10.2 Å². The third-order valence-electron chi connectivity index (χ3n) is 2.44. The van der Waals surface area contributed by atoms with Crippen molar-refractivity contribution in [2.45, 2.75) is 32.2 Å². The van der Waals surface area contributed by atoms with E-state index in [1.54, 1.807) is 11.8 Å². The first kappa shape index (κ1) is 9.52. The molecule has 0 aliphatic carbocycles. The Hall–Kier alpha value is -0.570. The molecule has 1 N–H and O–H groups in total. The first-order chi connectivity index (χ1) is 5.70. The fourth-order valence-electron chi connectivity index (χ4n) is 1.54. The lowest BCUT2D eigenvalue weighted by Gasteiger charge is -2.27. The van der Waals surface area contributed by atoms with E-state index in [0.29, 0.717) is 6.04 Å². The van der Waals surface area contributed by atoms with Crippen molar-refractivity contribution in [1.29, 1.82) is 0 Å². The smallest absolute Gasteiger partial charge is 0.219 e. The van der Waals surface area contributed by atoms with E-state index in [1.165, 1.54) is 19.3 Å². The van der Waals surface area contributed by atoms with Gasteiger partial charge in [-0.2, -0.15) is 0 Å². The number of piperidine rings is 1. The minimum Gasteiger partial charge on any atom is -0.344 e. The lowest BCUT2D eigenvalue weighted by molar-refractivity contribution is -0.127. The minimum atomic E-state index is 0.155. The minimum absolute atomic E-state index is 0.155. The van der Waals surface area contributed by atoms with Gasteiger partial charge in [0.2, 0.25) is 5.91 Å². The normalized spacial score (nSPS) is 23.7. The summed E-state index contributed by atoms with van der Waals surface area (Å²) in [6, 6.07) is 0.521. The van der Waals surface area contributed by atoms with E-state index in [0.717, 1.165) is 13.1 Å². The van der Waals surface area contributed by atoms with Gasteiger partial charge in [0.05, 0.1) is 0 Å². The highest BCUT2D eigenvalue weighted by Gasteiger charge is 2.15. The van der Waals surface area contributed by atoms with Crippen LogP contribution < -0.4 is 5.32 Å². The van der Waals surface area contributed by atoms with Crippen LogP contribution in [0.25, 0.3) is 0 Å². The molecule has 0 aromatic rings. The number of carbonyl (C=O) groups excluding carboxylic acids is 1. The van der Waals surface area contributed by atoms with Crippen molar-refractivity contribution in [3.05, 3.63) is 0 Å². The Morgan fingerprint density at radius 1 is 1.58 bits per heavy atom.